The molecule has 0 saturated carbocycles. The maximum absolute atomic E-state index is 12.6. The topological polar surface area (TPSA) is 50.4 Å². The Kier molecular flexibility index (Phi) is 2.96. The maximum Gasteiger partial charge on any atom is 0.241 e. The van der Waals surface area contributed by atoms with Crippen LogP contribution in [-0.2, 0) is 10.2 Å². The molecule has 2 aliphatic heterocycles. The van der Waals surface area contributed by atoms with Gasteiger partial charge in [0.05, 0.1) is 7.11 Å². The number of ether oxygens (including phenoxy) is 1. The third-order valence-electron chi connectivity index (χ3n) is 4.20. The van der Waals surface area contributed by atoms with Gasteiger partial charge in [0.25, 0.3) is 0 Å². The second-order valence-electron chi connectivity index (χ2n) is 5.92. The van der Waals surface area contributed by atoms with Crippen molar-refractivity contribution < 1.29 is 9.53 Å². The minimum atomic E-state index is -0.578. The normalized spacial score (nSPS) is 26.8. The highest BCUT2D eigenvalue weighted by Gasteiger charge is 2.52. The summed E-state index contributed by atoms with van der Waals surface area (Å²) >= 11 is 0. The summed E-state index contributed by atoms with van der Waals surface area (Å²) in [5, 5.41) is 6.35. The number of fused-ring (bicyclic) bond motifs is 2. The molecule has 106 valence electrons. The fourth-order valence-electron chi connectivity index (χ4n) is 3.24. The minimum Gasteiger partial charge on any atom is -0.497 e. The summed E-state index contributed by atoms with van der Waals surface area (Å²) in [7, 11) is 1.63. The van der Waals surface area contributed by atoms with Crippen molar-refractivity contribution in [3.8, 4) is 5.75 Å². The molecule has 3 rings (SSSR count). The lowest BCUT2D eigenvalue weighted by molar-refractivity contribution is -0.120. The lowest BCUT2D eigenvalue weighted by atomic mass is 9.74. The third-order valence-corrected chi connectivity index (χ3v) is 4.20. The highest BCUT2D eigenvalue weighted by Crippen LogP contribution is 2.46. The van der Waals surface area contributed by atoms with Crippen LogP contribution in [-0.4, -0.2) is 19.1 Å². The van der Waals surface area contributed by atoms with E-state index in [0.29, 0.717) is 5.92 Å². The zero-order valence-corrected chi connectivity index (χ0v) is 12.1. The zero-order valence-electron chi connectivity index (χ0n) is 12.1. The van der Waals surface area contributed by atoms with Crippen LogP contribution in [0.3, 0.4) is 0 Å². The van der Waals surface area contributed by atoms with Crippen molar-refractivity contribution in [3.05, 3.63) is 36.0 Å². The molecule has 20 heavy (non-hydrogen) atoms. The molecule has 0 fully saturated rings. The third kappa shape index (κ3) is 1.71. The van der Waals surface area contributed by atoms with Crippen LogP contribution in [0.15, 0.2) is 30.5 Å². The number of amides is 1. The molecule has 1 aromatic rings. The van der Waals surface area contributed by atoms with E-state index in [9.17, 15) is 4.79 Å². The average molecular weight is 272 g/mol. The lowest BCUT2D eigenvalue weighted by Gasteiger charge is -2.30. The molecule has 2 N–H and O–H groups in total. The Morgan fingerprint density at radius 3 is 2.90 bits per heavy atom. The van der Waals surface area contributed by atoms with E-state index in [2.05, 4.69) is 24.5 Å². The van der Waals surface area contributed by atoms with E-state index in [1.165, 1.54) is 0 Å². The Morgan fingerprint density at radius 2 is 2.20 bits per heavy atom. The van der Waals surface area contributed by atoms with Gasteiger partial charge in [0.1, 0.15) is 11.2 Å². The van der Waals surface area contributed by atoms with Crippen molar-refractivity contribution in [1.29, 1.82) is 0 Å². The van der Waals surface area contributed by atoms with E-state index in [0.717, 1.165) is 23.4 Å². The van der Waals surface area contributed by atoms with Gasteiger partial charge in [-0.3, -0.25) is 4.79 Å². The molecular weight excluding hydrogens is 252 g/mol. The van der Waals surface area contributed by atoms with E-state index < -0.39 is 5.41 Å². The van der Waals surface area contributed by atoms with Crippen molar-refractivity contribution in [2.45, 2.75) is 31.7 Å². The van der Waals surface area contributed by atoms with Gasteiger partial charge in [-0.25, -0.2) is 0 Å². The second kappa shape index (κ2) is 4.54. The summed E-state index contributed by atoms with van der Waals surface area (Å²) in [4.78, 5) is 12.6. The van der Waals surface area contributed by atoms with Crippen molar-refractivity contribution in [2.75, 3.05) is 12.4 Å². The van der Waals surface area contributed by atoms with E-state index in [4.69, 9.17) is 4.74 Å². The van der Waals surface area contributed by atoms with Gasteiger partial charge in [-0.15, -0.1) is 0 Å². The van der Waals surface area contributed by atoms with E-state index in [1.807, 2.05) is 30.5 Å². The summed E-state index contributed by atoms with van der Waals surface area (Å²) in [6.45, 7) is 4.35. The van der Waals surface area contributed by atoms with Crippen LogP contribution in [0.5, 0.6) is 5.75 Å². The van der Waals surface area contributed by atoms with Crippen molar-refractivity contribution in [1.82, 2.24) is 5.32 Å². The van der Waals surface area contributed by atoms with Crippen molar-refractivity contribution in [3.63, 3.8) is 0 Å². The molecule has 2 heterocycles. The van der Waals surface area contributed by atoms with Gasteiger partial charge in [-0.1, -0.05) is 19.9 Å². The molecule has 0 unspecified atom stereocenters. The molecule has 4 heteroatoms. The maximum atomic E-state index is 12.6. The molecule has 0 aliphatic carbocycles. The van der Waals surface area contributed by atoms with Gasteiger partial charge in [-0.2, -0.15) is 0 Å². The van der Waals surface area contributed by atoms with E-state index in [-0.39, 0.29) is 11.9 Å². The van der Waals surface area contributed by atoms with Crippen molar-refractivity contribution in [2.24, 2.45) is 5.92 Å². The Labute approximate surface area is 119 Å². The standard InChI is InChI=1S/C16H20N2O2/c1-10(2)8-14-16(6-7-17-14)12-5-4-11(20-3)9-13(12)18-15(16)19/h4-7,9-10,14,17H,8H2,1-3H3,(H,18,19)/t14-,16+/m0/s1. The number of carbonyl (C=O) groups is 1. The number of hydrogen-bond acceptors (Lipinski definition) is 3. The van der Waals surface area contributed by atoms with Crippen LogP contribution in [0.1, 0.15) is 25.8 Å². The summed E-state index contributed by atoms with van der Waals surface area (Å²) < 4.78 is 5.23. The van der Waals surface area contributed by atoms with Crippen LogP contribution < -0.4 is 15.4 Å². The van der Waals surface area contributed by atoms with Crippen LogP contribution in [0.4, 0.5) is 5.69 Å². The van der Waals surface area contributed by atoms with Gasteiger partial charge in [0, 0.05) is 17.8 Å². The van der Waals surface area contributed by atoms with Crippen LogP contribution in [0.25, 0.3) is 0 Å². The molecule has 1 aromatic carbocycles. The zero-order chi connectivity index (χ0) is 14.3. The SMILES string of the molecule is COc1ccc2c(c1)NC(=O)[C@]21C=CN[C@H]1CC(C)C. The highest BCUT2D eigenvalue weighted by molar-refractivity contribution is 6.09. The molecule has 4 nitrogen and oxygen atoms in total. The fourth-order valence-corrected chi connectivity index (χ4v) is 3.24. The monoisotopic (exact) mass is 272 g/mol. The molecular formula is C16H20N2O2. The molecule has 0 bridgehead atoms. The molecule has 1 spiro atoms. The Morgan fingerprint density at radius 1 is 1.40 bits per heavy atom. The smallest absolute Gasteiger partial charge is 0.241 e. The number of anilines is 1. The first kappa shape index (κ1) is 13.0. The Hall–Kier alpha value is -1.97. The summed E-state index contributed by atoms with van der Waals surface area (Å²) in [5.74, 6) is 1.34. The first-order valence-corrected chi connectivity index (χ1v) is 7.01. The number of carbonyl (C=O) groups excluding carboxylic acids is 1. The molecule has 0 radical (unpaired) electrons. The number of hydrogen-bond donors (Lipinski definition) is 2. The summed E-state index contributed by atoms with van der Waals surface area (Å²) in [6, 6.07) is 5.91. The quantitative estimate of drug-likeness (QED) is 0.888. The van der Waals surface area contributed by atoms with Crippen LogP contribution in [0, 0.1) is 5.92 Å². The number of rotatable bonds is 3. The van der Waals surface area contributed by atoms with Gasteiger partial charge in [0.2, 0.25) is 5.91 Å². The Bertz CT molecular complexity index is 580. The lowest BCUT2D eigenvalue weighted by Crippen LogP contribution is -2.46. The van der Waals surface area contributed by atoms with Crippen molar-refractivity contribution >= 4 is 11.6 Å². The molecule has 0 saturated heterocycles. The predicted molar refractivity (Wildman–Crippen MR) is 78.8 cm³/mol. The first-order chi connectivity index (χ1) is 9.57. The predicted octanol–water partition coefficient (Wildman–Crippen LogP) is 2.42. The average Bonchev–Trinajstić information content (AvgIpc) is 2.93. The number of nitrogens with one attached hydrogen (secondary N) is 2. The van der Waals surface area contributed by atoms with Gasteiger partial charge < -0.3 is 15.4 Å². The van der Waals surface area contributed by atoms with Crippen LogP contribution in [0.2, 0.25) is 0 Å². The first-order valence-electron chi connectivity index (χ1n) is 7.01. The van der Waals surface area contributed by atoms with Gasteiger partial charge in [-0.05, 0) is 36.2 Å². The molecule has 2 atom stereocenters. The molecule has 1 amide bonds. The van der Waals surface area contributed by atoms with E-state index >= 15 is 0 Å². The van der Waals surface area contributed by atoms with Gasteiger partial charge >= 0.3 is 0 Å². The Balaban J connectivity index is 2.06. The summed E-state index contributed by atoms with van der Waals surface area (Å²) in [5.41, 5.74) is 1.32. The number of methoxy groups -OCH3 is 1. The largest absolute Gasteiger partial charge is 0.497 e. The fraction of sp³-hybridized carbons (Fsp3) is 0.438. The minimum absolute atomic E-state index is 0.0488. The second-order valence-corrected chi connectivity index (χ2v) is 5.92. The van der Waals surface area contributed by atoms with E-state index in [1.54, 1.807) is 7.11 Å². The van der Waals surface area contributed by atoms with Gasteiger partial charge in [0.15, 0.2) is 0 Å². The summed E-state index contributed by atoms with van der Waals surface area (Å²) in [6.07, 6.45) is 4.85. The number of benzene rings is 1. The molecule has 0 aromatic heterocycles. The molecule has 2 aliphatic rings. The highest BCUT2D eigenvalue weighted by atomic mass is 16.5. The van der Waals surface area contributed by atoms with Crippen LogP contribution >= 0.6 is 0 Å².